The highest BCUT2D eigenvalue weighted by Crippen LogP contribution is 2.59. The Kier molecular flexibility index (Phi) is 5.28. The van der Waals surface area contributed by atoms with Crippen molar-refractivity contribution in [1.29, 1.82) is 0 Å². The molecule has 142 valence electrons. The Morgan fingerprint density at radius 3 is 2.15 bits per heavy atom. The molecule has 27 heavy (non-hydrogen) atoms. The molecule has 0 radical (unpaired) electrons. The summed E-state index contributed by atoms with van der Waals surface area (Å²) in [7, 11) is 0. The van der Waals surface area contributed by atoms with Crippen molar-refractivity contribution in [3.63, 3.8) is 0 Å². The minimum absolute atomic E-state index is 0.0924. The van der Waals surface area contributed by atoms with Crippen molar-refractivity contribution in [3.8, 4) is 0 Å². The molecule has 1 spiro atoms. The molecular formula is C23H26O4. The summed E-state index contributed by atoms with van der Waals surface area (Å²) >= 11 is 0. The number of esters is 1. The maximum absolute atomic E-state index is 12.7. The van der Waals surface area contributed by atoms with Gasteiger partial charge in [0.25, 0.3) is 0 Å². The first-order valence-corrected chi connectivity index (χ1v) is 9.67. The quantitative estimate of drug-likeness (QED) is 0.691. The molecule has 1 saturated carbocycles. The van der Waals surface area contributed by atoms with Crippen LogP contribution in [0.1, 0.15) is 30.9 Å². The van der Waals surface area contributed by atoms with E-state index in [1.807, 2.05) is 60.7 Å². The van der Waals surface area contributed by atoms with E-state index in [2.05, 4.69) is 6.92 Å². The third-order valence-corrected chi connectivity index (χ3v) is 5.95. The fraction of sp³-hybridized carbons (Fsp3) is 0.435. The summed E-state index contributed by atoms with van der Waals surface area (Å²) in [5, 5.41) is 0. The van der Waals surface area contributed by atoms with E-state index in [0.29, 0.717) is 19.8 Å². The van der Waals surface area contributed by atoms with Gasteiger partial charge in [0.1, 0.15) is 6.10 Å². The number of carbonyl (C=O) groups is 1. The van der Waals surface area contributed by atoms with Gasteiger partial charge in [0.2, 0.25) is 0 Å². The van der Waals surface area contributed by atoms with E-state index in [0.717, 1.165) is 24.0 Å². The van der Waals surface area contributed by atoms with Gasteiger partial charge in [-0.2, -0.15) is 0 Å². The van der Waals surface area contributed by atoms with Crippen molar-refractivity contribution in [2.45, 2.75) is 45.2 Å². The second-order valence-electron chi connectivity index (χ2n) is 7.67. The monoisotopic (exact) mass is 366 g/mol. The van der Waals surface area contributed by atoms with E-state index < -0.39 is 6.10 Å². The zero-order valence-corrected chi connectivity index (χ0v) is 15.7. The van der Waals surface area contributed by atoms with Crippen molar-refractivity contribution < 1.29 is 19.0 Å². The van der Waals surface area contributed by atoms with Gasteiger partial charge in [-0.25, -0.2) is 4.79 Å². The molecule has 1 heterocycles. The highest BCUT2D eigenvalue weighted by molar-refractivity contribution is 5.78. The summed E-state index contributed by atoms with van der Waals surface area (Å²) in [6, 6.07) is 20.0. The van der Waals surface area contributed by atoms with Gasteiger partial charge < -0.3 is 14.2 Å². The summed E-state index contributed by atoms with van der Waals surface area (Å²) < 4.78 is 17.6. The minimum atomic E-state index is -0.474. The molecule has 0 unspecified atom stereocenters. The molecule has 0 N–H and O–H groups in total. The average Bonchev–Trinajstić information content (AvgIpc) is 3.49. The number of hydrogen-bond acceptors (Lipinski definition) is 4. The standard InChI is InChI=1S/C23H26O4/c1-17-20(16-25-14-18-8-4-2-5-9-18)27-22(24)21(23(17)12-13-23)26-15-19-10-6-3-7-11-19/h2-11,17,20-21H,12-16H2,1H3/t17-,20+,21-/m0/s1. The predicted octanol–water partition coefficient (Wildman–Crippen LogP) is 4.13. The Balaban J connectivity index is 1.35. The molecule has 4 rings (SSSR count). The molecule has 2 aliphatic rings. The zero-order chi connectivity index (χ0) is 18.7. The lowest BCUT2D eigenvalue weighted by Gasteiger charge is -2.40. The SMILES string of the molecule is C[C@H]1[C@@H](COCc2ccccc2)OC(=O)[C@H](OCc2ccccc2)C12CC2. The minimum Gasteiger partial charge on any atom is -0.458 e. The third-order valence-electron chi connectivity index (χ3n) is 5.95. The molecule has 2 fully saturated rings. The Labute approximate surface area is 160 Å². The van der Waals surface area contributed by atoms with Gasteiger partial charge in [-0.05, 0) is 24.0 Å². The molecule has 2 aromatic rings. The molecule has 2 aromatic carbocycles. The van der Waals surface area contributed by atoms with Crippen LogP contribution in [0.25, 0.3) is 0 Å². The Morgan fingerprint density at radius 2 is 1.56 bits per heavy atom. The lowest BCUT2D eigenvalue weighted by molar-refractivity contribution is -0.198. The fourth-order valence-corrected chi connectivity index (χ4v) is 4.05. The van der Waals surface area contributed by atoms with Crippen LogP contribution in [0.3, 0.4) is 0 Å². The van der Waals surface area contributed by atoms with E-state index in [-0.39, 0.29) is 23.4 Å². The van der Waals surface area contributed by atoms with Crippen LogP contribution in [0.5, 0.6) is 0 Å². The number of hydrogen-bond donors (Lipinski definition) is 0. The number of cyclic esters (lactones) is 1. The van der Waals surface area contributed by atoms with Gasteiger partial charge >= 0.3 is 5.97 Å². The van der Waals surface area contributed by atoms with Crippen LogP contribution < -0.4 is 0 Å². The maximum atomic E-state index is 12.7. The number of rotatable bonds is 7. The third kappa shape index (κ3) is 3.92. The first-order valence-electron chi connectivity index (χ1n) is 9.67. The van der Waals surface area contributed by atoms with E-state index in [9.17, 15) is 4.79 Å². The molecule has 0 amide bonds. The van der Waals surface area contributed by atoms with E-state index >= 15 is 0 Å². The van der Waals surface area contributed by atoms with Crippen LogP contribution in [0, 0.1) is 11.3 Å². The maximum Gasteiger partial charge on any atom is 0.336 e. The van der Waals surface area contributed by atoms with Gasteiger partial charge in [-0.15, -0.1) is 0 Å². The molecule has 3 atom stereocenters. The van der Waals surface area contributed by atoms with Crippen molar-refractivity contribution in [2.75, 3.05) is 6.61 Å². The number of ether oxygens (including phenoxy) is 3. The topological polar surface area (TPSA) is 44.8 Å². The molecule has 1 aliphatic carbocycles. The molecule has 4 heteroatoms. The second kappa shape index (κ2) is 7.83. The average molecular weight is 366 g/mol. The van der Waals surface area contributed by atoms with E-state index in [1.54, 1.807) is 0 Å². The van der Waals surface area contributed by atoms with Crippen molar-refractivity contribution in [1.82, 2.24) is 0 Å². The van der Waals surface area contributed by atoms with Gasteiger partial charge in [-0.3, -0.25) is 0 Å². The lowest BCUT2D eigenvalue weighted by atomic mass is 9.79. The fourth-order valence-electron chi connectivity index (χ4n) is 4.05. The van der Waals surface area contributed by atoms with Crippen LogP contribution >= 0.6 is 0 Å². The normalized spacial score (nSPS) is 26.0. The van der Waals surface area contributed by atoms with Crippen LogP contribution in [-0.2, 0) is 32.2 Å². The molecule has 4 nitrogen and oxygen atoms in total. The van der Waals surface area contributed by atoms with Crippen LogP contribution in [0.2, 0.25) is 0 Å². The van der Waals surface area contributed by atoms with Crippen LogP contribution in [0.15, 0.2) is 60.7 Å². The molecule has 0 bridgehead atoms. The summed E-state index contributed by atoms with van der Waals surface area (Å²) in [6.45, 7) is 3.55. The summed E-state index contributed by atoms with van der Waals surface area (Å²) in [5.41, 5.74) is 2.10. The molecule has 1 aliphatic heterocycles. The van der Waals surface area contributed by atoms with Gasteiger partial charge in [0.15, 0.2) is 6.10 Å². The highest BCUT2D eigenvalue weighted by Gasteiger charge is 2.62. The lowest BCUT2D eigenvalue weighted by Crippen LogP contribution is -2.51. The summed E-state index contributed by atoms with van der Waals surface area (Å²) in [4.78, 5) is 12.7. The van der Waals surface area contributed by atoms with Gasteiger partial charge in [-0.1, -0.05) is 67.6 Å². The van der Waals surface area contributed by atoms with Crippen molar-refractivity contribution in [2.24, 2.45) is 11.3 Å². The number of benzene rings is 2. The first-order chi connectivity index (χ1) is 13.2. The molecular weight excluding hydrogens is 340 g/mol. The number of carbonyl (C=O) groups excluding carboxylic acids is 1. The predicted molar refractivity (Wildman–Crippen MR) is 102 cm³/mol. The smallest absolute Gasteiger partial charge is 0.336 e. The Morgan fingerprint density at radius 1 is 0.963 bits per heavy atom. The van der Waals surface area contributed by atoms with Crippen molar-refractivity contribution >= 4 is 5.97 Å². The van der Waals surface area contributed by atoms with Crippen LogP contribution in [-0.4, -0.2) is 24.8 Å². The highest BCUT2D eigenvalue weighted by atomic mass is 16.6. The largest absolute Gasteiger partial charge is 0.458 e. The Hall–Kier alpha value is -2.17. The van der Waals surface area contributed by atoms with E-state index in [1.165, 1.54) is 0 Å². The molecule has 1 saturated heterocycles. The van der Waals surface area contributed by atoms with Crippen molar-refractivity contribution in [3.05, 3.63) is 71.8 Å². The second-order valence-corrected chi connectivity index (χ2v) is 7.67. The van der Waals surface area contributed by atoms with Gasteiger partial charge in [0.05, 0.1) is 19.8 Å². The van der Waals surface area contributed by atoms with Crippen LogP contribution in [0.4, 0.5) is 0 Å². The zero-order valence-electron chi connectivity index (χ0n) is 15.7. The summed E-state index contributed by atoms with van der Waals surface area (Å²) in [6.07, 6.45) is 1.34. The molecule has 0 aromatic heterocycles. The van der Waals surface area contributed by atoms with E-state index in [4.69, 9.17) is 14.2 Å². The first kappa shape index (κ1) is 18.2. The van der Waals surface area contributed by atoms with Gasteiger partial charge in [0, 0.05) is 11.3 Å². The Bertz CT molecular complexity index is 754. The summed E-state index contributed by atoms with van der Waals surface area (Å²) in [5.74, 6) is -0.0124.